The lowest BCUT2D eigenvalue weighted by Gasteiger charge is -2.12. The summed E-state index contributed by atoms with van der Waals surface area (Å²) in [7, 11) is 0. The summed E-state index contributed by atoms with van der Waals surface area (Å²) in [6.07, 6.45) is -0.0749. The molecule has 0 amide bonds. The fourth-order valence-electron chi connectivity index (χ4n) is 1.10. The maximum atomic E-state index is 10.5. The lowest BCUT2D eigenvalue weighted by molar-refractivity contribution is -0.145. The molecule has 82 valence electrons. The van der Waals surface area contributed by atoms with Gasteiger partial charge in [-0.1, -0.05) is 30.3 Å². The molecule has 0 bridgehead atoms. The van der Waals surface area contributed by atoms with Gasteiger partial charge in [-0.25, -0.2) is 0 Å². The molecule has 1 rings (SSSR count). The summed E-state index contributed by atoms with van der Waals surface area (Å²) in [6, 6.07) is 9.90. The van der Waals surface area contributed by atoms with Crippen molar-refractivity contribution in [2.45, 2.75) is 26.6 Å². The molecular formula is C12H16O3. The van der Waals surface area contributed by atoms with Gasteiger partial charge in [-0.05, 0) is 12.5 Å². The molecule has 0 unspecified atom stereocenters. The van der Waals surface area contributed by atoms with Crippen LogP contribution in [-0.4, -0.2) is 18.7 Å². The molecule has 0 saturated heterocycles. The van der Waals surface area contributed by atoms with Crippen molar-refractivity contribution < 1.29 is 14.3 Å². The number of ether oxygens (including phenoxy) is 2. The van der Waals surface area contributed by atoms with Crippen LogP contribution in [0.1, 0.15) is 19.4 Å². The number of hydrogen-bond donors (Lipinski definition) is 0. The SMILES string of the molecule is CC(=O)OC[C@H](C)OCc1ccccc1. The van der Waals surface area contributed by atoms with Crippen LogP contribution >= 0.6 is 0 Å². The number of hydrogen-bond acceptors (Lipinski definition) is 3. The first kappa shape index (κ1) is 11.7. The molecule has 0 fully saturated rings. The summed E-state index contributed by atoms with van der Waals surface area (Å²) in [6.45, 7) is 4.13. The van der Waals surface area contributed by atoms with Gasteiger partial charge in [0.1, 0.15) is 6.61 Å². The molecule has 0 heterocycles. The highest BCUT2D eigenvalue weighted by Crippen LogP contribution is 2.03. The highest BCUT2D eigenvalue weighted by Gasteiger charge is 2.04. The minimum atomic E-state index is -0.273. The van der Waals surface area contributed by atoms with E-state index < -0.39 is 0 Å². The summed E-state index contributed by atoms with van der Waals surface area (Å²) in [5, 5.41) is 0. The second-order valence-electron chi connectivity index (χ2n) is 3.41. The van der Waals surface area contributed by atoms with E-state index in [4.69, 9.17) is 9.47 Å². The third kappa shape index (κ3) is 5.18. The Hall–Kier alpha value is -1.35. The van der Waals surface area contributed by atoms with E-state index in [2.05, 4.69) is 0 Å². The highest BCUT2D eigenvalue weighted by molar-refractivity contribution is 5.65. The van der Waals surface area contributed by atoms with Gasteiger partial charge >= 0.3 is 5.97 Å². The van der Waals surface area contributed by atoms with Crippen molar-refractivity contribution in [3.8, 4) is 0 Å². The van der Waals surface area contributed by atoms with Crippen LogP contribution in [-0.2, 0) is 20.9 Å². The predicted molar refractivity (Wildman–Crippen MR) is 57.3 cm³/mol. The monoisotopic (exact) mass is 208 g/mol. The Morgan fingerprint density at radius 3 is 2.60 bits per heavy atom. The fraction of sp³-hybridized carbons (Fsp3) is 0.417. The smallest absolute Gasteiger partial charge is 0.302 e. The molecule has 0 spiro atoms. The molecule has 15 heavy (non-hydrogen) atoms. The number of carbonyl (C=O) groups excluding carboxylic acids is 1. The molecule has 0 aliphatic carbocycles. The fourth-order valence-corrected chi connectivity index (χ4v) is 1.10. The first-order valence-corrected chi connectivity index (χ1v) is 4.97. The first-order valence-electron chi connectivity index (χ1n) is 4.97. The number of carbonyl (C=O) groups is 1. The first-order chi connectivity index (χ1) is 7.18. The summed E-state index contributed by atoms with van der Waals surface area (Å²) < 4.78 is 10.3. The minimum absolute atomic E-state index is 0.0749. The summed E-state index contributed by atoms with van der Waals surface area (Å²) >= 11 is 0. The van der Waals surface area contributed by atoms with Crippen molar-refractivity contribution in [2.75, 3.05) is 6.61 Å². The normalized spacial score (nSPS) is 12.1. The van der Waals surface area contributed by atoms with E-state index in [1.807, 2.05) is 37.3 Å². The van der Waals surface area contributed by atoms with Crippen molar-refractivity contribution in [3.63, 3.8) is 0 Å². The van der Waals surface area contributed by atoms with Crippen molar-refractivity contribution in [1.29, 1.82) is 0 Å². The van der Waals surface area contributed by atoms with Gasteiger partial charge in [0.05, 0.1) is 12.7 Å². The lowest BCUT2D eigenvalue weighted by Crippen LogP contribution is -2.17. The lowest BCUT2D eigenvalue weighted by atomic mass is 10.2. The van der Waals surface area contributed by atoms with Gasteiger partial charge in [0.25, 0.3) is 0 Å². The molecule has 3 heteroatoms. The van der Waals surface area contributed by atoms with Gasteiger partial charge in [0, 0.05) is 6.92 Å². The summed E-state index contributed by atoms with van der Waals surface area (Å²) in [5.41, 5.74) is 1.12. The Balaban J connectivity index is 2.22. The van der Waals surface area contributed by atoms with Crippen molar-refractivity contribution >= 4 is 5.97 Å². The van der Waals surface area contributed by atoms with Crippen LogP contribution in [0.5, 0.6) is 0 Å². The van der Waals surface area contributed by atoms with Gasteiger partial charge in [0.2, 0.25) is 0 Å². The van der Waals surface area contributed by atoms with Gasteiger partial charge in [-0.2, -0.15) is 0 Å². The van der Waals surface area contributed by atoms with Crippen LogP contribution in [0.3, 0.4) is 0 Å². The molecule has 3 nitrogen and oxygen atoms in total. The van der Waals surface area contributed by atoms with Crippen LogP contribution in [0.4, 0.5) is 0 Å². The van der Waals surface area contributed by atoms with E-state index in [1.54, 1.807) is 0 Å². The Morgan fingerprint density at radius 2 is 2.00 bits per heavy atom. The van der Waals surface area contributed by atoms with E-state index in [9.17, 15) is 4.79 Å². The van der Waals surface area contributed by atoms with Crippen LogP contribution in [0.25, 0.3) is 0 Å². The van der Waals surface area contributed by atoms with E-state index in [0.717, 1.165) is 5.56 Å². The Labute approximate surface area is 90.0 Å². The molecule has 1 aromatic rings. The Kier molecular flexibility index (Phi) is 4.84. The summed E-state index contributed by atoms with van der Waals surface area (Å²) in [4.78, 5) is 10.5. The molecule has 1 aromatic carbocycles. The maximum Gasteiger partial charge on any atom is 0.302 e. The van der Waals surface area contributed by atoms with E-state index in [-0.39, 0.29) is 12.1 Å². The predicted octanol–water partition coefficient (Wildman–Crippen LogP) is 2.15. The van der Waals surface area contributed by atoms with E-state index >= 15 is 0 Å². The number of rotatable bonds is 5. The molecule has 0 aliphatic heterocycles. The molecule has 0 radical (unpaired) electrons. The minimum Gasteiger partial charge on any atom is -0.463 e. The zero-order valence-electron chi connectivity index (χ0n) is 9.10. The van der Waals surface area contributed by atoms with Gasteiger partial charge in [-0.3, -0.25) is 4.79 Å². The molecule has 0 aliphatic rings. The topological polar surface area (TPSA) is 35.5 Å². The number of benzene rings is 1. The van der Waals surface area contributed by atoms with Gasteiger partial charge in [-0.15, -0.1) is 0 Å². The molecule has 0 aromatic heterocycles. The van der Waals surface area contributed by atoms with Crippen molar-refractivity contribution in [1.82, 2.24) is 0 Å². The average molecular weight is 208 g/mol. The maximum absolute atomic E-state index is 10.5. The third-order valence-corrected chi connectivity index (χ3v) is 1.90. The Morgan fingerprint density at radius 1 is 1.33 bits per heavy atom. The second-order valence-corrected chi connectivity index (χ2v) is 3.41. The van der Waals surface area contributed by atoms with Crippen LogP contribution in [0.15, 0.2) is 30.3 Å². The van der Waals surface area contributed by atoms with E-state index in [0.29, 0.717) is 13.2 Å². The molecule has 1 atom stereocenters. The third-order valence-electron chi connectivity index (χ3n) is 1.90. The van der Waals surface area contributed by atoms with Crippen LogP contribution in [0, 0.1) is 0 Å². The molecule has 0 N–H and O–H groups in total. The average Bonchev–Trinajstić information content (AvgIpc) is 2.25. The van der Waals surface area contributed by atoms with Gasteiger partial charge in [0.15, 0.2) is 0 Å². The molecular weight excluding hydrogens is 192 g/mol. The zero-order valence-corrected chi connectivity index (χ0v) is 9.10. The highest BCUT2D eigenvalue weighted by atomic mass is 16.6. The van der Waals surface area contributed by atoms with Gasteiger partial charge < -0.3 is 9.47 Å². The summed E-state index contributed by atoms with van der Waals surface area (Å²) in [5.74, 6) is -0.273. The van der Waals surface area contributed by atoms with Crippen LogP contribution in [0.2, 0.25) is 0 Å². The Bertz CT molecular complexity index is 295. The van der Waals surface area contributed by atoms with Crippen molar-refractivity contribution in [2.24, 2.45) is 0 Å². The van der Waals surface area contributed by atoms with Crippen LogP contribution < -0.4 is 0 Å². The number of esters is 1. The molecule has 0 saturated carbocycles. The van der Waals surface area contributed by atoms with Crippen molar-refractivity contribution in [3.05, 3.63) is 35.9 Å². The van der Waals surface area contributed by atoms with E-state index in [1.165, 1.54) is 6.92 Å². The largest absolute Gasteiger partial charge is 0.463 e. The quantitative estimate of drug-likeness (QED) is 0.695. The zero-order chi connectivity index (χ0) is 11.1. The standard InChI is InChI=1S/C12H16O3/c1-10(8-15-11(2)13)14-9-12-6-4-3-5-7-12/h3-7,10H,8-9H2,1-2H3/t10-/m0/s1. The second kappa shape index (κ2) is 6.19.